The summed E-state index contributed by atoms with van der Waals surface area (Å²) in [6, 6.07) is 62.0. The third-order valence-corrected chi connectivity index (χ3v) is 17.9. The van der Waals surface area contributed by atoms with Gasteiger partial charge in [-0.1, -0.05) is 114 Å². The topological polar surface area (TPSA) is 59.0 Å². The molecule has 0 fully saturated rings. The summed E-state index contributed by atoms with van der Waals surface area (Å²) in [4.78, 5) is 4.73. The zero-order valence-electron chi connectivity index (χ0n) is 48.7. The van der Waals surface area contributed by atoms with Crippen LogP contribution in [0.1, 0.15) is 86.1 Å². The number of anilines is 6. The third kappa shape index (κ3) is 7.53. The Hall–Kier alpha value is -9.26. The summed E-state index contributed by atoms with van der Waals surface area (Å²) in [6.45, 7) is 26.7. The van der Waals surface area contributed by atoms with E-state index in [9.17, 15) is 0 Å². The first kappa shape index (κ1) is 49.8. The summed E-state index contributed by atoms with van der Waals surface area (Å²) in [5, 5.41) is 13.0. The van der Waals surface area contributed by atoms with E-state index in [4.69, 9.17) is 17.7 Å². The van der Waals surface area contributed by atoms with E-state index >= 15 is 0 Å². The van der Waals surface area contributed by atoms with Crippen LogP contribution in [-0.4, -0.2) is 0 Å². The van der Waals surface area contributed by atoms with Crippen molar-refractivity contribution in [3.05, 3.63) is 214 Å². The monoisotopic (exact) mass is 1070 g/mol. The van der Waals surface area contributed by atoms with Crippen LogP contribution in [0, 0.1) is 41.5 Å². The SMILES string of the molecule is Cc1cc(N(c2ccc3cc4c(cc3c2)oc2ccc3oc5cc6cc(N(c7cc(C)c(C)c(C)c7)c7cccc8c7oc7c(C(C)(C)C)cccc78)ccc6cc5c3c24)c2cccc3c2oc2c(C(C)(C)C)cccc23)cc(C)c1C. The minimum Gasteiger partial charge on any atom is -0.456 e. The van der Waals surface area contributed by atoms with Crippen molar-refractivity contribution in [2.24, 2.45) is 0 Å². The van der Waals surface area contributed by atoms with Gasteiger partial charge in [0.15, 0.2) is 11.2 Å². The number of nitrogens with zero attached hydrogens (tertiary/aromatic N) is 2. The highest BCUT2D eigenvalue weighted by atomic mass is 16.3. The molecule has 0 atom stereocenters. The number of fused-ring (bicyclic) bond motifs is 15. The van der Waals surface area contributed by atoms with Crippen molar-refractivity contribution < 1.29 is 17.7 Å². The summed E-state index contributed by atoms with van der Waals surface area (Å²) < 4.78 is 27.8. The van der Waals surface area contributed by atoms with Crippen molar-refractivity contribution in [2.45, 2.75) is 93.9 Å². The molecule has 0 spiro atoms. The minimum atomic E-state index is -0.0920. The number of benzene rings is 11. The normalized spacial score (nSPS) is 12.6. The van der Waals surface area contributed by atoms with Gasteiger partial charge < -0.3 is 27.5 Å². The van der Waals surface area contributed by atoms with Crippen molar-refractivity contribution in [1.82, 2.24) is 0 Å². The highest BCUT2D eigenvalue weighted by Gasteiger charge is 2.28. The molecule has 0 unspecified atom stereocenters. The van der Waals surface area contributed by atoms with Crippen LogP contribution in [0.15, 0.2) is 188 Å². The fourth-order valence-electron chi connectivity index (χ4n) is 13.2. The summed E-state index contributed by atoms with van der Waals surface area (Å²) in [5.74, 6) is 0. The lowest BCUT2D eigenvalue weighted by Gasteiger charge is -2.27. The lowest BCUT2D eigenvalue weighted by atomic mass is 9.86. The molecule has 4 heterocycles. The lowest BCUT2D eigenvalue weighted by molar-refractivity contribution is 0.572. The molecule has 6 heteroatoms. The van der Waals surface area contributed by atoms with Gasteiger partial charge in [0, 0.05) is 77.0 Å². The van der Waals surface area contributed by atoms with Gasteiger partial charge in [-0.25, -0.2) is 0 Å². The maximum Gasteiger partial charge on any atom is 0.159 e. The Balaban J connectivity index is 0.871. The van der Waals surface area contributed by atoms with E-state index in [2.05, 4.69) is 263 Å². The first-order valence-corrected chi connectivity index (χ1v) is 28.7. The Morgan fingerprint density at radius 3 is 1.04 bits per heavy atom. The van der Waals surface area contributed by atoms with Crippen LogP contribution in [0.3, 0.4) is 0 Å². The molecule has 15 rings (SSSR count). The largest absolute Gasteiger partial charge is 0.456 e. The van der Waals surface area contributed by atoms with Crippen LogP contribution in [0.2, 0.25) is 0 Å². The van der Waals surface area contributed by atoms with Gasteiger partial charge in [-0.05, 0) is 204 Å². The standard InChI is InChI=1S/C76H64N2O4/c1-41-31-53(32-42(2)45(41)5)77(63-23-15-19-57-55-17-13-21-61(75(7,8)9)71(55)81-73(57)63)51-27-25-47-37-59-67(39-49(47)35-51)79-65-29-30-66-70(69(59)65)60-38-48-26-28-52(36-50(48)40-68(60)80-66)78(54-33-43(3)46(6)44(4)34-54)64-24-16-20-58-56-18-14-22-62(76(10,11)12)72(56)82-74(58)64/h13-40H,1-12H3. The van der Waals surface area contributed by atoms with E-state index in [0.717, 1.165) is 143 Å². The number of rotatable bonds is 6. The predicted octanol–water partition coefficient (Wildman–Crippen LogP) is 23.0. The Bertz CT molecular complexity index is 4840. The number of hydrogen-bond donors (Lipinski definition) is 0. The number of aryl methyl sites for hydroxylation is 4. The van der Waals surface area contributed by atoms with Crippen LogP contribution < -0.4 is 9.80 Å². The molecule has 0 N–H and O–H groups in total. The van der Waals surface area contributed by atoms with E-state index in [0.29, 0.717) is 0 Å². The average molecular weight is 1070 g/mol. The lowest BCUT2D eigenvalue weighted by Crippen LogP contribution is -2.11. The Labute approximate surface area is 476 Å². The number of furan rings is 4. The highest BCUT2D eigenvalue weighted by molar-refractivity contribution is 6.28. The van der Waals surface area contributed by atoms with Gasteiger partial charge in [0.05, 0.1) is 11.4 Å². The van der Waals surface area contributed by atoms with E-state index in [1.165, 1.54) is 44.5 Å². The highest BCUT2D eigenvalue weighted by Crippen LogP contribution is 2.49. The molecular weight excluding hydrogens is 1000 g/mol. The van der Waals surface area contributed by atoms with Gasteiger partial charge in [0.1, 0.15) is 33.5 Å². The van der Waals surface area contributed by atoms with E-state index in [-0.39, 0.29) is 10.8 Å². The maximum absolute atomic E-state index is 7.03. The second kappa shape index (κ2) is 17.6. The van der Waals surface area contributed by atoms with Crippen LogP contribution in [0.5, 0.6) is 0 Å². The van der Waals surface area contributed by atoms with Gasteiger partial charge >= 0.3 is 0 Å². The van der Waals surface area contributed by atoms with E-state index in [1.54, 1.807) is 0 Å². The summed E-state index contributed by atoms with van der Waals surface area (Å²) in [7, 11) is 0. The van der Waals surface area contributed by atoms with E-state index < -0.39 is 0 Å². The molecule has 0 saturated heterocycles. The zero-order chi connectivity index (χ0) is 56.4. The number of hydrogen-bond acceptors (Lipinski definition) is 6. The van der Waals surface area contributed by atoms with E-state index in [1.807, 2.05) is 0 Å². The molecule has 15 aromatic rings. The van der Waals surface area contributed by atoms with Crippen molar-refractivity contribution >= 4 is 143 Å². The number of para-hydroxylation sites is 4. The maximum atomic E-state index is 7.03. The van der Waals surface area contributed by atoms with Crippen molar-refractivity contribution in [2.75, 3.05) is 9.80 Å². The quantitative estimate of drug-likeness (QED) is 0.165. The minimum absolute atomic E-state index is 0.0920. The van der Waals surface area contributed by atoms with Gasteiger partial charge in [-0.15, -0.1) is 0 Å². The van der Waals surface area contributed by atoms with Crippen molar-refractivity contribution in [1.29, 1.82) is 0 Å². The van der Waals surface area contributed by atoms with Crippen molar-refractivity contribution in [3.63, 3.8) is 0 Å². The molecule has 0 aliphatic rings. The molecule has 0 aliphatic carbocycles. The van der Waals surface area contributed by atoms with Gasteiger partial charge in [-0.2, -0.15) is 0 Å². The van der Waals surface area contributed by atoms with Crippen LogP contribution >= 0.6 is 0 Å². The van der Waals surface area contributed by atoms with Crippen LogP contribution in [0.4, 0.5) is 34.1 Å². The summed E-state index contributed by atoms with van der Waals surface area (Å²) in [5.41, 5.74) is 22.9. The molecule has 0 amide bonds. The first-order valence-electron chi connectivity index (χ1n) is 28.7. The smallest absolute Gasteiger partial charge is 0.159 e. The zero-order valence-corrected chi connectivity index (χ0v) is 48.7. The van der Waals surface area contributed by atoms with Gasteiger partial charge in [0.25, 0.3) is 0 Å². The Kier molecular flexibility index (Phi) is 10.7. The van der Waals surface area contributed by atoms with Gasteiger partial charge in [0.2, 0.25) is 0 Å². The van der Waals surface area contributed by atoms with Gasteiger partial charge in [-0.3, -0.25) is 0 Å². The van der Waals surface area contributed by atoms with Crippen molar-refractivity contribution in [3.8, 4) is 0 Å². The molecule has 0 bridgehead atoms. The van der Waals surface area contributed by atoms with Crippen LogP contribution in [0.25, 0.3) is 109 Å². The molecule has 0 saturated carbocycles. The summed E-state index contributed by atoms with van der Waals surface area (Å²) in [6.07, 6.45) is 0. The second-order valence-corrected chi connectivity index (χ2v) is 25.2. The Morgan fingerprint density at radius 1 is 0.293 bits per heavy atom. The first-order chi connectivity index (χ1) is 39.4. The summed E-state index contributed by atoms with van der Waals surface area (Å²) >= 11 is 0. The fraction of sp³-hybridized carbons (Fsp3) is 0.184. The molecule has 4 aromatic heterocycles. The molecule has 402 valence electrons. The van der Waals surface area contributed by atoms with Crippen LogP contribution in [-0.2, 0) is 10.8 Å². The third-order valence-electron chi connectivity index (χ3n) is 17.9. The predicted molar refractivity (Wildman–Crippen MR) is 346 cm³/mol. The molecule has 0 aliphatic heterocycles. The second-order valence-electron chi connectivity index (χ2n) is 25.2. The average Bonchev–Trinajstić information content (AvgIpc) is 3.67. The molecule has 6 nitrogen and oxygen atoms in total. The molecule has 11 aromatic carbocycles. The Morgan fingerprint density at radius 2 is 0.659 bits per heavy atom. The molecular formula is C76H64N2O4. The fourth-order valence-corrected chi connectivity index (χ4v) is 13.2. The molecule has 82 heavy (non-hydrogen) atoms. The molecule has 0 radical (unpaired) electrons.